The van der Waals surface area contributed by atoms with Gasteiger partial charge >= 0.3 is 5.97 Å². The molecule has 0 aromatic heterocycles. The van der Waals surface area contributed by atoms with E-state index >= 15 is 0 Å². The molecule has 1 aliphatic rings. The molecule has 1 saturated heterocycles. The third-order valence-electron chi connectivity index (χ3n) is 3.74. The molecule has 8 heteroatoms. The average molecular weight is 352 g/mol. The Hall–Kier alpha value is -0.820. The van der Waals surface area contributed by atoms with Crippen LogP contribution in [0.15, 0.2) is 18.2 Å². The van der Waals surface area contributed by atoms with Gasteiger partial charge in [0.25, 0.3) is 0 Å². The highest BCUT2D eigenvalue weighted by atomic mass is 35.5. The first kappa shape index (κ1) is 16.5. The zero-order valence-corrected chi connectivity index (χ0v) is 13.7. The van der Waals surface area contributed by atoms with Gasteiger partial charge < -0.3 is 5.11 Å². The van der Waals surface area contributed by atoms with Gasteiger partial charge in [0.15, 0.2) is 0 Å². The molecule has 1 aliphatic heterocycles. The van der Waals surface area contributed by atoms with Crippen molar-refractivity contribution in [3.8, 4) is 0 Å². The minimum atomic E-state index is -3.66. The van der Waals surface area contributed by atoms with Crippen LogP contribution < -0.4 is 0 Å². The van der Waals surface area contributed by atoms with E-state index in [9.17, 15) is 18.3 Å². The number of nitrogens with zero attached hydrogens (tertiary/aromatic N) is 1. The molecule has 0 spiro atoms. The number of benzene rings is 1. The second-order valence-electron chi connectivity index (χ2n) is 5.41. The van der Waals surface area contributed by atoms with Crippen LogP contribution in [-0.2, 0) is 20.6 Å². The first-order chi connectivity index (χ1) is 9.66. The molecule has 1 heterocycles. The van der Waals surface area contributed by atoms with Crippen LogP contribution in [0, 0.1) is 5.41 Å². The molecule has 1 aromatic rings. The van der Waals surface area contributed by atoms with Crippen LogP contribution in [0.25, 0.3) is 0 Å². The van der Waals surface area contributed by atoms with Gasteiger partial charge in [-0.05, 0) is 25.5 Å². The SMILES string of the molecule is CC1(C(=O)O)CCN(S(=O)(=O)Cc2c(Cl)cccc2Cl)C1. The average Bonchev–Trinajstić information content (AvgIpc) is 2.79. The van der Waals surface area contributed by atoms with Crippen LogP contribution in [0.1, 0.15) is 18.9 Å². The third-order valence-corrected chi connectivity index (χ3v) is 6.20. The van der Waals surface area contributed by atoms with Crippen LogP contribution in [0.2, 0.25) is 10.0 Å². The number of hydrogen-bond donors (Lipinski definition) is 1. The van der Waals surface area contributed by atoms with Crippen molar-refractivity contribution in [2.75, 3.05) is 13.1 Å². The van der Waals surface area contributed by atoms with Crippen molar-refractivity contribution >= 4 is 39.2 Å². The lowest BCUT2D eigenvalue weighted by Crippen LogP contribution is -2.35. The summed E-state index contributed by atoms with van der Waals surface area (Å²) in [5, 5.41) is 9.74. The molecule has 0 saturated carbocycles. The number of aliphatic carboxylic acids is 1. The monoisotopic (exact) mass is 351 g/mol. The second-order valence-corrected chi connectivity index (χ2v) is 8.19. The predicted molar refractivity (Wildman–Crippen MR) is 81.0 cm³/mol. The van der Waals surface area contributed by atoms with Crippen molar-refractivity contribution in [1.29, 1.82) is 0 Å². The molecule has 0 amide bonds. The van der Waals surface area contributed by atoms with E-state index in [0.29, 0.717) is 5.56 Å². The maximum absolute atomic E-state index is 12.4. The highest BCUT2D eigenvalue weighted by Crippen LogP contribution is 2.34. The molecule has 21 heavy (non-hydrogen) atoms. The zero-order valence-electron chi connectivity index (χ0n) is 11.3. The zero-order chi connectivity index (χ0) is 15.8. The van der Waals surface area contributed by atoms with Gasteiger partial charge in [0, 0.05) is 28.7 Å². The molecule has 5 nitrogen and oxygen atoms in total. The molecular formula is C13H15Cl2NO4S. The lowest BCUT2D eigenvalue weighted by atomic mass is 9.90. The van der Waals surface area contributed by atoms with E-state index in [1.54, 1.807) is 25.1 Å². The fourth-order valence-electron chi connectivity index (χ4n) is 2.27. The molecule has 116 valence electrons. The molecule has 0 bridgehead atoms. The smallest absolute Gasteiger partial charge is 0.310 e. The summed E-state index contributed by atoms with van der Waals surface area (Å²) in [6.45, 7) is 1.70. The maximum atomic E-state index is 12.4. The fraction of sp³-hybridized carbons (Fsp3) is 0.462. The molecule has 1 unspecified atom stereocenters. The summed E-state index contributed by atoms with van der Waals surface area (Å²) < 4.78 is 26.1. The van der Waals surface area contributed by atoms with Gasteiger partial charge in [0.05, 0.1) is 11.2 Å². The summed E-state index contributed by atoms with van der Waals surface area (Å²) in [5.41, 5.74) is -0.707. The van der Waals surface area contributed by atoms with Crippen molar-refractivity contribution in [3.05, 3.63) is 33.8 Å². The van der Waals surface area contributed by atoms with Gasteiger partial charge in [-0.3, -0.25) is 4.79 Å². The normalized spacial score (nSPS) is 23.4. The molecule has 0 radical (unpaired) electrons. The second kappa shape index (κ2) is 5.76. The van der Waals surface area contributed by atoms with Crippen molar-refractivity contribution < 1.29 is 18.3 Å². The van der Waals surface area contributed by atoms with Crippen molar-refractivity contribution in [2.45, 2.75) is 19.1 Å². The van der Waals surface area contributed by atoms with E-state index in [2.05, 4.69) is 0 Å². The molecule has 1 atom stereocenters. The van der Waals surface area contributed by atoms with E-state index < -0.39 is 21.4 Å². The van der Waals surface area contributed by atoms with Gasteiger partial charge in [-0.15, -0.1) is 0 Å². The first-order valence-corrected chi connectivity index (χ1v) is 8.66. The maximum Gasteiger partial charge on any atom is 0.310 e. The first-order valence-electron chi connectivity index (χ1n) is 6.30. The lowest BCUT2D eigenvalue weighted by molar-refractivity contribution is -0.146. The van der Waals surface area contributed by atoms with E-state index in [4.69, 9.17) is 23.2 Å². The summed E-state index contributed by atoms with van der Waals surface area (Å²) in [7, 11) is -3.66. The highest BCUT2D eigenvalue weighted by molar-refractivity contribution is 7.88. The molecule has 1 fully saturated rings. The molecule has 2 rings (SSSR count). The van der Waals surface area contributed by atoms with Gasteiger partial charge in [-0.1, -0.05) is 29.3 Å². The van der Waals surface area contributed by atoms with Crippen LogP contribution >= 0.6 is 23.2 Å². The van der Waals surface area contributed by atoms with Gasteiger partial charge in [0.1, 0.15) is 0 Å². The number of halogens is 2. The van der Waals surface area contributed by atoms with Crippen LogP contribution in [0.3, 0.4) is 0 Å². The van der Waals surface area contributed by atoms with Gasteiger partial charge in [-0.2, -0.15) is 0 Å². The number of carboxylic acid groups (broad SMARTS) is 1. The van der Waals surface area contributed by atoms with Crippen molar-refractivity contribution in [2.24, 2.45) is 5.41 Å². The quantitative estimate of drug-likeness (QED) is 0.904. The third kappa shape index (κ3) is 3.34. The fourth-order valence-corrected chi connectivity index (χ4v) is 4.67. The lowest BCUT2D eigenvalue weighted by Gasteiger charge is -2.20. The number of carboxylic acids is 1. The number of rotatable bonds is 4. The van der Waals surface area contributed by atoms with Crippen molar-refractivity contribution in [3.63, 3.8) is 0 Å². The standard InChI is InChI=1S/C13H15Cl2NO4S/c1-13(12(17)18)5-6-16(8-13)21(19,20)7-9-10(14)3-2-4-11(9)15/h2-4H,5-8H2,1H3,(H,17,18). The highest BCUT2D eigenvalue weighted by Gasteiger charge is 2.44. The van der Waals surface area contributed by atoms with E-state index in [-0.39, 0.29) is 35.3 Å². The summed E-state index contributed by atoms with van der Waals surface area (Å²) >= 11 is 12.0. The Morgan fingerprint density at radius 2 is 1.95 bits per heavy atom. The van der Waals surface area contributed by atoms with Gasteiger partial charge in [0.2, 0.25) is 10.0 Å². The van der Waals surface area contributed by atoms with Crippen LogP contribution in [0.5, 0.6) is 0 Å². The summed E-state index contributed by atoms with van der Waals surface area (Å²) in [5.74, 6) is -1.32. The Labute approximate surface area is 133 Å². The van der Waals surface area contributed by atoms with E-state index in [1.807, 2.05) is 0 Å². The largest absolute Gasteiger partial charge is 0.481 e. The Morgan fingerprint density at radius 3 is 2.43 bits per heavy atom. The van der Waals surface area contributed by atoms with E-state index in [0.717, 1.165) is 0 Å². The Morgan fingerprint density at radius 1 is 1.38 bits per heavy atom. The predicted octanol–water partition coefficient (Wildman–Crippen LogP) is 2.62. The number of hydrogen-bond acceptors (Lipinski definition) is 3. The Kier molecular flexibility index (Phi) is 4.54. The molecular weight excluding hydrogens is 337 g/mol. The molecule has 1 aromatic carbocycles. The minimum absolute atomic E-state index is 0.0350. The van der Waals surface area contributed by atoms with E-state index in [1.165, 1.54) is 4.31 Å². The summed E-state index contributed by atoms with van der Waals surface area (Å²) in [4.78, 5) is 11.2. The van der Waals surface area contributed by atoms with Crippen LogP contribution in [-0.4, -0.2) is 36.9 Å². The van der Waals surface area contributed by atoms with Crippen LogP contribution in [0.4, 0.5) is 0 Å². The summed E-state index contributed by atoms with van der Waals surface area (Å²) in [6.07, 6.45) is 0.290. The summed E-state index contributed by atoms with van der Waals surface area (Å²) in [6, 6.07) is 4.78. The molecule has 1 N–H and O–H groups in total. The topological polar surface area (TPSA) is 74.7 Å². The Balaban J connectivity index is 2.23. The number of sulfonamides is 1. The van der Waals surface area contributed by atoms with Crippen molar-refractivity contribution in [1.82, 2.24) is 4.31 Å². The minimum Gasteiger partial charge on any atom is -0.481 e. The number of carbonyl (C=O) groups is 1. The van der Waals surface area contributed by atoms with Gasteiger partial charge in [-0.25, -0.2) is 12.7 Å². The Bertz CT molecular complexity index is 656. The molecule has 0 aliphatic carbocycles.